The van der Waals surface area contributed by atoms with Crippen molar-refractivity contribution in [3.05, 3.63) is 109 Å². The van der Waals surface area contributed by atoms with Gasteiger partial charge in [-0.15, -0.1) is 11.1 Å². The molecule has 3 aromatic carbocycles. The van der Waals surface area contributed by atoms with Crippen LogP contribution in [0.15, 0.2) is 92.5 Å². The van der Waals surface area contributed by atoms with Gasteiger partial charge in [-0.25, -0.2) is 0 Å². The molecular weight excluding hydrogens is 352 g/mol. The second kappa shape index (κ2) is 7.73. The Balaban J connectivity index is 2.19. The molecule has 0 atom stereocenters. The minimum Gasteiger partial charge on any atom is -0.149 e. The quantitative estimate of drug-likeness (QED) is 0.330. The van der Waals surface area contributed by atoms with Crippen molar-refractivity contribution >= 4 is 52.3 Å². The van der Waals surface area contributed by atoms with E-state index in [1.165, 1.54) is 0 Å². The van der Waals surface area contributed by atoms with Crippen LogP contribution in [0.1, 0.15) is 16.7 Å². The van der Waals surface area contributed by atoms with Gasteiger partial charge in [0.25, 0.3) is 0 Å². The van der Waals surface area contributed by atoms with Gasteiger partial charge < -0.3 is 0 Å². The summed E-state index contributed by atoms with van der Waals surface area (Å²) in [6.07, 6.45) is 5.54. The predicted molar refractivity (Wildman–Crippen MR) is 120 cm³/mol. The van der Waals surface area contributed by atoms with Crippen molar-refractivity contribution in [2.75, 3.05) is 0 Å². The topological polar surface area (TPSA) is 0 Å². The van der Waals surface area contributed by atoms with Crippen LogP contribution in [0.3, 0.4) is 0 Å². The number of hydrogen-bond acceptors (Lipinski definition) is 0. The molecule has 0 N–H and O–H groups in total. The lowest BCUT2D eigenvalue weighted by atomic mass is 10.2. The van der Waals surface area contributed by atoms with Crippen LogP contribution in [0, 0.1) is 0 Å². The van der Waals surface area contributed by atoms with Crippen LogP contribution in [0.4, 0.5) is 0 Å². The highest BCUT2D eigenvalue weighted by Gasteiger charge is 2.37. The second-order valence-corrected chi connectivity index (χ2v) is 10.9. The van der Waals surface area contributed by atoms with Gasteiger partial charge in [-0.05, 0) is 32.3 Å². The van der Waals surface area contributed by atoms with Gasteiger partial charge in [0.15, 0.2) is 0 Å². The Hall–Kier alpha value is -2.61. The number of benzene rings is 3. The van der Waals surface area contributed by atoms with Gasteiger partial charge in [-0.1, -0.05) is 111 Å². The molecule has 0 fully saturated rings. The normalized spacial score (nSPS) is 11.0. The van der Waals surface area contributed by atoms with E-state index in [2.05, 4.69) is 92.5 Å². The van der Waals surface area contributed by atoms with E-state index in [0.717, 1.165) is 32.3 Å². The molecule has 0 amide bonds. The maximum atomic E-state index is 7.46. The van der Waals surface area contributed by atoms with E-state index in [4.69, 9.17) is 11.1 Å². The first-order valence-corrected chi connectivity index (χ1v) is 11.5. The van der Waals surface area contributed by atoms with Gasteiger partial charge >= 0.3 is 0 Å². The van der Waals surface area contributed by atoms with E-state index in [9.17, 15) is 0 Å². The first kappa shape index (κ1) is 18.2. The highest BCUT2D eigenvalue weighted by molar-refractivity contribution is 7.40. The van der Waals surface area contributed by atoms with Gasteiger partial charge in [-0.2, -0.15) is 0 Å². The first-order valence-electron chi connectivity index (χ1n) is 8.49. The molecule has 0 aliphatic carbocycles. The van der Waals surface area contributed by atoms with Crippen LogP contribution >= 0.6 is 11.1 Å². The van der Waals surface area contributed by atoms with Crippen molar-refractivity contribution in [2.24, 2.45) is 0 Å². The smallest absolute Gasteiger partial charge is 0.149 e. The third-order valence-electron chi connectivity index (χ3n) is 4.63. The van der Waals surface area contributed by atoms with Crippen molar-refractivity contribution < 1.29 is 0 Å². The van der Waals surface area contributed by atoms with E-state index in [0.29, 0.717) is 0 Å². The molecule has 26 heavy (non-hydrogen) atoms. The summed E-state index contributed by atoms with van der Waals surface area (Å²) in [5, 5.41) is 3.47. The standard InChI is InChI=1S/C24H21ClSi/c1-4-19-7-13-22(14-8-19)26(25,23-15-9-20(5-2)10-16-23)24-17-11-21(6-3)12-18-24/h4-18H,1-3H2. The maximum absolute atomic E-state index is 7.46. The van der Waals surface area contributed by atoms with Crippen LogP contribution < -0.4 is 15.6 Å². The lowest BCUT2D eigenvalue weighted by Crippen LogP contribution is -2.62. The molecular formula is C24H21ClSi. The van der Waals surface area contributed by atoms with Crippen LogP contribution in [-0.4, -0.2) is 7.38 Å². The molecule has 0 saturated carbocycles. The van der Waals surface area contributed by atoms with Crippen molar-refractivity contribution in [3.8, 4) is 0 Å². The maximum Gasteiger partial charge on any atom is 0.247 e. The first-order chi connectivity index (χ1) is 12.6. The lowest BCUT2D eigenvalue weighted by Gasteiger charge is -2.27. The Bertz CT molecular complexity index is 794. The molecule has 0 unspecified atom stereocenters. The Morgan fingerprint density at radius 3 is 0.923 bits per heavy atom. The number of rotatable bonds is 6. The Kier molecular flexibility index (Phi) is 5.41. The molecule has 0 nitrogen and oxygen atoms in total. The van der Waals surface area contributed by atoms with E-state index in [1.54, 1.807) is 0 Å². The molecule has 0 aliphatic rings. The van der Waals surface area contributed by atoms with Crippen molar-refractivity contribution in [1.29, 1.82) is 0 Å². The van der Waals surface area contributed by atoms with Crippen molar-refractivity contribution in [2.45, 2.75) is 0 Å². The largest absolute Gasteiger partial charge is 0.247 e. The van der Waals surface area contributed by atoms with Crippen molar-refractivity contribution in [3.63, 3.8) is 0 Å². The fraction of sp³-hybridized carbons (Fsp3) is 0. The molecule has 2 heteroatoms. The SMILES string of the molecule is C=Cc1ccc([Si](Cl)(c2ccc(C=C)cc2)c2ccc(C=C)cc2)cc1. The van der Waals surface area contributed by atoms with Crippen LogP contribution in [0.25, 0.3) is 18.2 Å². The zero-order valence-electron chi connectivity index (χ0n) is 14.7. The van der Waals surface area contributed by atoms with Gasteiger partial charge in [0.2, 0.25) is 7.38 Å². The summed E-state index contributed by atoms with van der Waals surface area (Å²) in [5.74, 6) is 0. The van der Waals surface area contributed by atoms with Gasteiger partial charge in [0.1, 0.15) is 0 Å². The zero-order valence-corrected chi connectivity index (χ0v) is 16.4. The molecule has 0 heterocycles. The zero-order chi connectivity index (χ0) is 18.6. The molecule has 0 aromatic heterocycles. The average molecular weight is 373 g/mol. The van der Waals surface area contributed by atoms with E-state index in [-0.39, 0.29) is 0 Å². The third kappa shape index (κ3) is 3.37. The predicted octanol–water partition coefficient (Wildman–Crippen LogP) is 4.82. The van der Waals surface area contributed by atoms with Crippen molar-refractivity contribution in [1.82, 2.24) is 0 Å². The summed E-state index contributed by atoms with van der Waals surface area (Å²) in [7, 11) is -2.62. The Morgan fingerprint density at radius 2 is 0.731 bits per heavy atom. The second-order valence-electron chi connectivity index (χ2n) is 6.14. The number of halogens is 1. The molecule has 0 saturated heterocycles. The van der Waals surface area contributed by atoms with E-state index in [1.807, 2.05) is 18.2 Å². The highest BCUT2D eigenvalue weighted by Crippen LogP contribution is 2.15. The Labute approximate surface area is 161 Å². The van der Waals surface area contributed by atoms with Crippen LogP contribution in [0.2, 0.25) is 0 Å². The average Bonchev–Trinajstić information content (AvgIpc) is 2.73. The summed E-state index contributed by atoms with van der Waals surface area (Å²) in [5.41, 5.74) is 3.27. The van der Waals surface area contributed by atoms with Gasteiger partial charge in [0.05, 0.1) is 0 Å². The van der Waals surface area contributed by atoms with Gasteiger partial charge in [0, 0.05) is 0 Å². The number of hydrogen-bond donors (Lipinski definition) is 0. The summed E-state index contributed by atoms with van der Waals surface area (Å²) in [6.45, 7) is 11.5. The van der Waals surface area contributed by atoms with E-state index >= 15 is 0 Å². The molecule has 128 valence electrons. The highest BCUT2D eigenvalue weighted by atomic mass is 35.6. The summed E-state index contributed by atoms with van der Waals surface area (Å²) in [4.78, 5) is 0. The summed E-state index contributed by atoms with van der Waals surface area (Å²) >= 11 is 7.46. The molecule has 3 rings (SSSR count). The van der Waals surface area contributed by atoms with Gasteiger partial charge in [-0.3, -0.25) is 0 Å². The minimum absolute atomic E-state index is 1.09. The minimum atomic E-state index is -2.62. The summed E-state index contributed by atoms with van der Waals surface area (Å²) < 4.78 is 0. The molecule has 0 radical (unpaired) electrons. The van der Waals surface area contributed by atoms with Crippen LogP contribution in [0.5, 0.6) is 0 Å². The Morgan fingerprint density at radius 1 is 0.500 bits per heavy atom. The molecule has 0 aliphatic heterocycles. The molecule has 0 bridgehead atoms. The fourth-order valence-electron chi connectivity index (χ4n) is 3.05. The molecule has 3 aromatic rings. The molecule has 0 spiro atoms. The third-order valence-corrected chi connectivity index (χ3v) is 9.98. The lowest BCUT2D eigenvalue weighted by molar-refractivity contribution is 1.65. The fourth-order valence-corrected chi connectivity index (χ4v) is 7.06. The van der Waals surface area contributed by atoms with E-state index < -0.39 is 7.38 Å². The monoisotopic (exact) mass is 372 g/mol. The van der Waals surface area contributed by atoms with Crippen LogP contribution in [-0.2, 0) is 0 Å². The summed E-state index contributed by atoms with van der Waals surface area (Å²) in [6, 6.07) is 25.2.